The molecule has 0 spiro atoms. The van der Waals surface area contributed by atoms with Crippen LogP contribution in [-0.2, 0) is 21.1 Å². The van der Waals surface area contributed by atoms with E-state index in [0.717, 1.165) is 22.4 Å². The predicted molar refractivity (Wildman–Crippen MR) is 86.0 cm³/mol. The molecule has 5 nitrogen and oxygen atoms in total. The Hall–Kier alpha value is -1.56. The maximum Gasteiger partial charge on any atom is 0.227 e. The largest absolute Gasteiger partial charge is 0.496 e. The van der Waals surface area contributed by atoms with Crippen molar-refractivity contribution in [2.45, 2.75) is 32.7 Å². The highest BCUT2D eigenvalue weighted by atomic mass is 32.2. The topological polar surface area (TPSA) is 63.7 Å². The number of hydrogen-bond acceptors (Lipinski definition) is 4. The van der Waals surface area contributed by atoms with E-state index in [1.165, 1.54) is 0 Å². The Labute approximate surface area is 132 Å². The summed E-state index contributed by atoms with van der Waals surface area (Å²) < 4.78 is 28.4. The Morgan fingerprint density at radius 2 is 2.00 bits per heavy atom. The summed E-state index contributed by atoms with van der Waals surface area (Å²) >= 11 is 0. The Bertz CT molecular complexity index is 682. The van der Waals surface area contributed by atoms with Crippen molar-refractivity contribution in [3.8, 4) is 5.75 Å². The van der Waals surface area contributed by atoms with Gasteiger partial charge in [0.2, 0.25) is 5.91 Å². The minimum Gasteiger partial charge on any atom is -0.496 e. The van der Waals surface area contributed by atoms with E-state index in [1.807, 2.05) is 26.0 Å². The summed E-state index contributed by atoms with van der Waals surface area (Å²) in [4.78, 5) is 14.0. The van der Waals surface area contributed by atoms with Gasteiger partial charge < -0.3 is 9.64 Å². The van der Waals surface area contributed by atoms with Crippen molar-refractivity contribution in [2.75, 3.05) is 25.7 Å². The van der Waals surface area contributed by atoms with E-state index in [2.05, 4.69) is 0 Å². The molecular formula is C16H23NO4S. The molecule has 1 atom stereocenters. The summed E-state index contributed by atoms with van der Waals surface area (Å²) in [5.41, 5.74) is 2.95. The molecule has 1 aliphatic heterocycles. The van der Waals surface area contributed by atoms with Crippen LogP contribution < -0.4 is 4.74 Å². The number of aryl methyl sites for hydroxylation is 2. The van der Waals surface area contributed by atoms with Gasteiger partial charge in [-0.1, -0.05) is 6.07 Å². The van der Waals surface area contributed by atoms with Crippen LogP contribution in [-0.4, -0.2) is 50.9 Å². The quantitative estimate of drug-likeness (QED) is 0.841. The van der Waals surface area contributed by atoms with Crippen LogP contribution in [0, 0.1) is 13.8 Å². The van der Waals surface area contributed by atoms with Crippen LogP contribution >= 0.6 is 0 Å². The maximum atomic E-state index is 12.4. The van der Waals surface area contributed by atoms with Crippen molar-refractivity contribution < 1.29 is 17.9 Å². The fourth-order valence-corrected chi connectivity index (χ4v) is 4.61. The van der Waals surface area contributed by atoms with Crippen molar-refractivity contribution in [2.24, 2.45) is 0 Å². The molecule has 0 N–H and O–H groups in total. The molecule has 0 aromatic heterocycles. The van der Waals surface area contributed by atoms with Gasteiger partial charge in [-0.25, -0.2) is 8.42 Å². The summed E-state index contributed by atoms with van der Waals surface area (Å²) in [6.07, 6.45) is 0.814. The van der Waals surface area contributed by atoms with Crippen LogP contribution in [0.15, 0.2) is 12.1 Å². The Balaban J connectivity index is 2.10. The highest BCUT2D eigenvalue weighted by molar-refractivity contribution is 7.91. The van der Waals surface area contributed by atoms with E-state index in [0.29, 0.717) is 6.42 Å². The number of rotatable bonds is 4. The van der Waals surface area contributed by atoms with Gasteiger partial charge in [0.15, 0.2) is 9.84 Å². The minimum atomic E-state index is -2.98. The fourth-order valence-electron chi connectivity index (χ4n) is 2.83. The number of likely N-dealkylation sites (N-methyl/N-ethyl adjacent to an activating group) is 1. The van der Waals surface area contributed by atoms with Crippen LogP contribution in [0.1, 0.15) is 23.1 Å². The fraction of sp³-hybridized carbons (Fsp3) is 0.562. The molecule has 0 aliphatic carbocycles. The average molecular weight is 325 g/mol. The molecular weight excluding hydrogens is 302 g/mol. The molecule has 0 bridgehead atoms. The first kappa shape index (κ1) is 16.8. The SMILES string of the molecule is COc1cc(C)c(CC(=O)N(C)C2CCS(=O)(=O)C2)cc1C. The van der Waals surface area contributed by atoms with Crippen molar-refractivity contribution in [3.05, 3.63) is 28.8 Å². The highest BCUT2D eigenvalue weighted by Crippen LogP contribution is 2.24. The van der Waals surface area contributed by atoms with Gasteiger partial charge >= 0.3 is 0 Å². The Morgan fingerprint density at radius 3 is 2.55 bits per heavy atom. The zero-order valence-electron chi connectivity index (χ0n) is 13.5. The lowest BCUT2D eigenvalue weighted by Gasteiger charge is -2.24. The van der Waals surface area contributed by atoms with Crippen molar-refractivity contribution in [1.29, 1.82) is 0 Å². The van der Waals surface area contributed by atoms with Crippen molar-refractivity contribution in [1.82, 2.24) is 4.90 Å². The number of carbonyl (C=O) groups excluding carboxylic acids is 1. The normalized spacial score (nSPS) is 19.9. The van der Waals surface area contributed by atoms with Gasteiger partial charge in [0.25, 0.3) is 0 Å². The van der Waals surface area contributed by atoms with Crippen molar-refractivity contribution in [3.63, 3.8) is 0 Å². The second-order valence-electron chi connectivity index (χ2n) is 5.99. The third kappa shape index (κ3) is 3.61. The van der Waals surface area contributed by atoms with E-state index in [9.17, 15) is 13.2 Å². The van der Waals surface area contributed by atoms with Gasteiger partial charge in [0.05, 0.1) is 25.0 Å². The molecule has 22 heavy (non-hydrogen) atoms. The zero-order valence-corrected chi connectivity index (χ0v) is 14.4. The molecule has 1 heterocycles. The molecule has 1 aliphatic rings. The summed E-state index contributed by atoms with van der Waals surface area (Å²) in [5, 5.41) is 0. The predicted octanol–water partition coefficient (Wildman–Crippen LogP) is 1.50. The first-order chi connectivity index (χ1) is 10.2. The number of sulfone groups is 1. The molecule has 122 valence electrons. The Kier molecular flexibility index (Phi) is 4.80. The number of ether oxygens (including phenoxy) is 1. The zero-order chi connectivity index (χ0) is 16.5. The summed E-state index contributed by atoms with van der Waals surface area (Å²) in [5.74, 6) is 1.02. The molecule has 2 rings (SSSR count). The Morgan fingerprint density at radius 1 is 1.32 bits per heavy atom. The third-order valence-corrected chi connectivity index (χ3v) is 6.09. The number of carbonyl (C=O) groups is 1. The number of benzene rings is 1. The van der Waals surface area contributed by atoms with Crippen LogP contribution in [0.3, 0.4) is 0 Å². The van der Waals surface area contributed by atoms with Gasteiger partial charge in [-0.15, -0.1) is 0 Å². The first-order valence-corrected chi connectivity index (χ1v) is 9.16. The summed E-state index contributed by atoms with van der Waals surface area (Å²) in [6.45, 7) is 3.89. The van der Waals surface area contributed by atoms with Gasteiger partial charge in [0, 0.05) is 13.1 Å². The standard InChI is InChI=1S/C16H23NO4S/c1-11-8-15(21-4)12(2)7-13(11)9-16(18)17(3)14-5-6-22(19,20)10-14/h7-8,14H,5-6,9-10H2,1-4H3. The third-order valence-electron chi connectivity index (χ3n) is 4.34. The van der Waals surface area contributed by atoms with Gasteiger partial charge in [0.1, 0.15) is 5.75 Å². The van der Waals surface area contributed by atoms with E-state index in [1.54, 1.807) is 19.1 Å². The lowest BCUT2D eigenvalue weighted by Crippen LogP contribution is -2.38. The number of nitrogens with zero attached hydrogens (tertiary/aromatic N) is 1. The molecule has 1 amide bonds. The van der Waals surface area contributed by atoms with E-state index in [-0.39, 0.29) is 29.9 Å². The van der Waals surface area contributed by atoms with E-state index in [4.69, 9.17) is 4.74 Å². The molecule has 6 heteroatoms. The van der Waals surface area contributed by atoms with Gasteiger partial charge in [-0.05, 0) is 43.0 Å². The second kappa shape index (κ2) is 6.28. The molecule has 1 aromatic rings. The molecule has 0 saturated carbocycles. The van der Waals surface area contributed by atoms with Crippen LogP contribution in [0.25, 0.3) is 0 Å². The molecule has 1 fully saturated rings. The van der Waals surface area contributed by atoms with Gasteiger partial charge in [-0.2, -0.15) is 0 Å². The number of hydrogen-bond donors (Lipinski definition) is 0. The van der Waals surface area contributed by atoms with Crippen molar-refractivity contribution >= 4 is 15.7 Å². The lowest BCUT2D eigenvalue weighted by molar-refractivity contribution is -0.130. The monoisotopic (exact) mass is 325 g/mol. The molecule has 0 radical (unpaired) electrons. The van der Waals surface area contributed by atoms with Crippen LogP contribution in [0.5, 0.6) is 5.75 Å². The number of methoxy groups -OCH3 is 1. The van der Waals surface area contributed by atoms with E-state index < -0.39 is 9.84 Å². The van der Waals surface area contributed by atoms with Crippen LogP contribution in [0.2, 0.25) is 0 Å². The number of amides is 1. The summed E-state index contributed by atoms with van der Waals surface area (Å²) in [6, 6.07) is 3.70. The summed E-state index contributed by atoms with van der Waals surface area (Å²) in [7, 11) is 0.339. The first-order valence-electron chi connectivity index (χ1n) is 7.33. The lowest BCUT2D eigenvalue weighted by atomic mass is 10.0. The molecule has 1 aromatic carbocycles. The minimum absolute atomic E-state index is 0.0465. The second-order valence-corrected chi connectivity index (χ2v) is 8.22. The smallest absolute Gasteiger partial charge is 0.227 e. The average Bonchev–Trinajstić information content (AvgIpc) is 2.81. The maximum absolute atomic E-state index is 12.4. The molecule has 1 unspecified atom stereocenters. The van der Waals surface area contributed by atoms with Gasteiger partial charge in [-0.3, -0.25) is 4.79 Å². The highest BCUT2D eigenvalue weighted by Gasteiger charge is 2.32. The molecule has 1 saturated heterocycles. The van der Waals surface area contributed by atoms with Crippen LogP contribution in [0.4, 0.5) is 0 Å². The van der Waals surface area contributed by atoms with E-state index >= 15 is 0 Å².